The van der Waals surface area contributed by atoms with Crippen molar-refractivity contribution in [2.75, 3.05) is 6.61 Å². The van der Waals surface area contributed by atoms with E-state index >= 15 is 0 Å². The van der Waals surface area contributed by atoms with E-state index in [-0.39, 0.29) is 10.8 Å². The molecule has 9 nitrogen and oxygen atoms in total. The molecule has 0 saturated carbocycles. The summed E-state index contributed by atoms with van der Waals surface area (Å²) in [6, 6.07) is 0. The van der Waals surface area contributed by atoms with E-state index in [9.17, 15) is 30.6 Å². The molecule has 4 unspecified atom stereocenters. The summed E-state index contributed by atoms with van der Waals surface area (Å²) in [5.74, 6) is -1.04. The largest absolute Gasteiger partial charge is 0.394 e. The lowest BCUT2D eigenvalue weighted by Gasteiger charge is -2.46. The van der Waals surface area contributed by atoms with Crippen molar-refractivity contribution >= 4 is 0 Å². The Morgan fingerprint density at radius 1 is 0.600 bits per heavy atom. The van der Waals surface area contributed by atoms with Gasteiger partial charge in [-0.15, -0.1) is 0 Å². The molecular formula is C21H42O9. The molecule has 0 radical (unpaired) electrons. The van der Waals surface area contributed by atoms with Crippen LogP contribution in [-0.4, -0.2) is 91.6 Å². The molecule has 7 N–H and O–H groups in total. The van der Waals surface area contributed by atoms with E-state index in [1.54, 1.807) is 0 Å². The Hall–Kier alpha value is -0.360. The summed E-state index contributed by atoms with van der Waals surface area (Å²) in [5, 5.41) is 67.6. The first-order valence-corrected chi connectivity index (χ1v) is 10.6. The lowest BCUT2D eigenvalue weighted by molar-refractivity contribution is -0.286. The first-order chi connectivity index (χ1) is 13.6. The van der Waals surface area contributed by atoms with Gasteiger partial charge in [0.05, 0.1) is 24.9 Å². The molecule has 0 aromatic heterocycles. The van der Waals surface area contributed by atoms with Crippen molar-refractivity contribution in [3.8, 4) is 0 Å². The standard InChI is InChI=1S/C11H22O4.C10H20O5/c1-5-6-8(12)9(13)7(10(14)15-6)11(2,3)4;1-10(2,3)6-8(13)7(12)5(4-11)15-9(6)14/h6-10,12-14H,5H2,1-4H3;5-9,11-14H,4H2,1-3H3/t6?,7-,8+,9?,10+;5?,6-,7-,8?,9+/m11/s1. The highest BCUT2D eigenvalue weighted by Gasteiger charge is 2.49. The normalized spacial score (nSPS) is 43.0. The fourth-order valence-corrected chi connectivity index (χ4v) is 4.26. The van der Waals surface area contributed by atoms with Gasteiger partial charge < -0.3 is 45.2 Å². The Morgan fingerprint density at radius 3 is 1.23 bits per heavy atom. The Bertz CT molecular complexity index is 470. The van der Waals surface area contributed by atoms with E-state index in [1.165, 1.54) is 0 Å². The van der Waals surface area contributed by atoms with Crippen LogP contribution in [0.4, 0.5) is 0 Å². The quantitative estimate of drug-likeness (QED) is 0.304. The van der Waals surface area contributed by atoms with Crippen LogP contribution in [0, 0.1) is 22.7 Å². The number of hydrogen-bond acceptors (Lipinski definition) is 9. The summed E-state index contributed by atoms with van der Waals surface area (Å²) in [4.78, 5) is 0. The van der Waals surface area contributed by atoms with Gasteiger partial charge in [-0.2, -0.15) is 0 Å². The zero-order valence-electron chi connectivity index (χ0n) is 19.1. The van der Waals surface area contributed by atoms with Crippen molar-refractivity contribution < 1.29 is 45.2 Å². The molecule has 2 fully saturated rings. The number of hydrogen-bond donors (Lipinski definition) is 7. The van der Waals surface area contributed by atoms with E-state index in [2.05, 4.69) is 0 Å². The van der Waals surface area contributed by atoms with Crippen molar-refractivity contribution in [2.45, 2.75) is 104 Å². The van der Waals surface area contributed by atoms with Gasteiger partial charge in [0.15, 0.2) is 12.6 Å². The molecule has 10 atom stereocenters. The van der Waals surface area contributed by atoms with Gasteiger partial charge in [-0.05, 0) is 17.3 Å². The highest BCUT2D eigenvalue weighted by Crippen LogP contribution is 2.39. The monoisotopic (exact) mass is 438 g/mol. The van der Waals surface area contributed by atoms with E-state index in [0.29, 0.717) is 6.42 Å². The van der Waals surface area contributed by atoms with Crippen molar-refractivity contribution in [1.29, 1.82) is 0 Å². The van der Waals surface area contributed by atoms with Gasteiger partial charge in [-0.25, -0.2) is 0 Å². The zero-order chi connectivity index (χ0) is 23.6. The van der Waals surface area contributed by atoms with E-state index in [4.69, 9.17) is 14.6 Å². The minimum Gasteiger partial charge on any atom is -0.394 e. The van der Waals surface area contributed by atoms with Gasteiger partial charge in [0.2, 0.25) is 0 Å². The van der Waals surface area contributed by atoms with Crippen LogP contribution < -0.4 is 0 Å². The summed E-state index contributed by atoms with van der Waals surface area (Å²) < 4.78 is 10.4. The molecule has 0 spiro atoms. The average Bonchev–Trinajstić information content (AvgIpc) is 2.59. The maximum absolute atomic E-state index is 9.96. The maximum atomic E-state index is 9.96. The molecule has 2 saturated heterocycles. The first-order valence-electron chi connectivity index (χ1n) is 10.6. The molecule has 2 heterocycles. The predicted octanol–water partition coefficient (Wildman–Crippen LogP) is -0.422. The Morgan fingerprint density at radius 2 is 0.933 bits per heavy atom. The molecule has 2 aliphatic heterocycles. The van der Waals surface area contributed by atoms with E-state index in [0.717, 1.165) is 0 Å². The Labute approximate surface area is 179 Å². The third kappa shape index (κ3) is 6.34. The van der Waals surface area contributed by atoms with Gasteiger partial charge >= 0.3 is 0 Å². The van der Waals surface area contributed by atoms with Crippen LogP contribution in [0.25, 0.3) is 0 Å². The summed E-state index contributed by atoms with van der Waals surface area (Å²) in [6.07, 6.45) is -7.10. The number of aliphatic hydroxyl groups excluding tert-OH is 7. The molecule has 0 aromatic rings. The third-order valence-corrected chi connectivity index (χ3v) is 6.02. The van der Waals surface area contributed by atoms with Crippen LogP contribution in [0.15, 0.2) is 0 Å². The van der Waals surface area contributed by atoms with Crippen molar-refractivity contribution in [1.82, 2.24) is 0 Å². The highest BCUT2D eigenvalue weighted by atomic mass is 16.6. The number of aliphatic hydroxyl groups is 7. The van der Waals surface area contributed by atoms with Crippen molar-refractivity contribution in [3.05, 3.63) is 0 Å². The van der Waals surface area contributed by atoms with Crippen molar-refractivity contribution in [3.63, 3.8) is 0 Å². The number of ether oxygens (including phenoxy) is 2. The first kappa shape index (κ1) is 27.7. The van der Waals surface area contributed by atoms with Crippen LogP contribution in [-0.2, 0) is 9.47 Å². The topological polar surface area (TPSA) is 160 Å². The van der Waals surface area contributed by atoms with Gasteiger partial charge in [0.25, 0.3) is 0 Å². The van der Waals surface area contributed by atoms with Crippen LogP contribution in [0.3, 0.4) is 0 Å². The summed E-state index contributed by atoms with van der Waals surface area (Å²) in [6.45, 7) is 12.7. The molecule has 0 amide bonds. The van der Waals surface area contributed by atoms with E-state index < -0.39 is 67.6 Å². The Balaban J connectivity index is 0.000000300. The molecule has 0 aromatic carbocycles. The predicted molar refractivity (Wildman–Crippen MR) is 109 cm³/mol. The maximum Gasteiger partial charge on any atom is 0.161 e. The van der Waals surface area contributed by atoms with Crippen LogP contribution in [0.5, 0.6) is 0 Å². The number of rotatable bonds is 2. The molecular weight excluding hydrogens is 396 g/mol. The molecule has 2 rings (SSSR count). The van der Waals surface area contributed by atoms with Gasteiger partial charge in [0.1, 0.15) is 18.3 Å². The van der Waals surface area contributed by atoms with Crippen LogP contribution in [0.2, 0.25) is 0 Å². The smallest absolute Gasteiger partial charge is 0.161 e. The van der Waals surface area contributed by atoms with E-state index in [1.807, 2.05) is 48.5 Å². The molecule has 2 aliphatic rings. The summed E-state index contributed by atoms with van der Waals surface area (Å²) >= 11 is 0. The van der Waals surface area contributed by atoms with Crippen molar-refractivity contribution in [2.24, 2.45) is 22.7 Å². The lowest BCUT2D eigenvalue weighted by Crippen LogP contribution is -2.58. The molecule has 0 aliphatic carbocycles. The van der Waals surface area contributed by atoms with Gasteiger partial charge in [-0.1, -0.05) is 48.5 Å². The SMILES string of the molecule is CC(C)(C)[C@@H]1C(O)[C@H](O)C(CO)O[C@@H]1O.CCC1O[C@H](O)[C@H](C(C)(C)C)C(O)[C@H]1O. The highest BCUT2D eigenvalue weighted by molar-refractivity contribution is 4.94. The molecule has 0 bridgehead atoms. The fraction of sp³-hybridized carbons (Fsp3) is 1.00. The molecule has 30 heavy (non-hydrogen) atoms. The van der Waals surface area contributed by atoms with Crippen LogP contribution in [0.1, 0.15) is 54.9 Å². The minimum atomic E-state index is -1.17. The Kier molecular flexibility index (Phi) is 9.69. The fourth-order valence-electron chi connectivity index (χ4n) is 4.26. The lowest BCUT2D eigenvalue weighted by atomic mass is 9.73. The second-order valence-electron chi connectivity index (χ2n) is 10.5. The average molecular weight is 439 g/mol. The van der Waals surface area contributed by atoms with Gasteiger partial charge in [-0.3, -0.25) is 0 Å². The van der Waals surface area contributed by atoms with Crippen LogP contribution >= 0.6 is 0 Å². The molecule has 9 heteroatoms. The summed E-state index contributed by atoms with van der Waals surface area (Å²) in [5.41, 5.74) is -0.696. The second kappa shape index (κ2) is 10.5. The van der Waals surface area contributed by atoms with Gasteiger partial charge in [0, 0.05) is 11.8 Å². The summed E-state index contributed by atoms with van der Waals surface area (Å²) in [7, 11) is 0. The minimum absolute atomic E-state index is 0.307. The zero-order valence-corrected chi connectivity index (χ0v) is 19.1. The second-order valence-corrected chi connectivity index (χ2v) is 10.5. The third-order valence-electron chi connectivity index (χ3n) is 6.02. The molecule has 180 valence electrons.